The van der Waals surface area contributed by atoms with E-state index in [0.29, 0.717) is 0 Å². The fourth-order valence-corrected chi connectivity index (χ4v) is 19.9. The number of amides is 2. The first-order valence-corrected chi connectivity index (χ1v) is 28.8. The van der Waals surface area contributed by atoms with E-state index in [2.05, 4.69) is 0 Å². The van der Waals surface area contributed by atoms with E-state index in [0.717, 1.165) is 4.90 Å². The first-order chi connectivity index (χ1) is 21.7. The molecule has 0 saturated heterocycles. The molecule has 0 bridgehead atoms. The topological polar surface area (TPSA) is 118 Å². The Kier molecular flexibility index (Phi) is 10.9. The number of hydrogen-bond acceptors (Lipinski definition) is 9. The summed E-state index contributed by atoms with van der Waals surface area (Å²) in [6.07, 6.45) is -0.425. The van der Waals surface area contributed by atoms with Crippen LogP contribution in [-0.2, 0) is 22.0 Å². The number of fused-ring (bicyclic) bond motifs is 1. The molecule has 15 heteroatoms. The van der Waals surface area contributed by atoms with Gasteiger partial charge in [0.2, 0.25) is 0 Å². The molecule has 0 aromatic heterocycles. The summed E-state index contributed by atoms with van der Waals surface area (Å²) in [4.78, 5) is 28.2. The van der Waals surface area contributed by atoms with Crippen LogP contribution in [0.15, 0.2) is 84.9 Å². The highest BCUT2D eigenvalue weighted by Gasteiger charge is 2.71. The Balaban J connectivity index is 2.03. The summed E-state index contributed by atoms with van der Waals surface area (Å²) < 4.78 is 64.7. The number of imide groups is 1. The smallest absolute Gasteiger partial charge is 0.414 e. The van der Waals surface area contributed by atoms with Crippen molar-refractivity contribution in [1.29, 1.82) is 0 Å². The summed E-state index contributed by atoms with van der Waals surface area (Å²) in [7, 11) is -18.1. The van der Waals surface area contributed by atoms with Gasteiger partial charge in [-0.2, -0.15) is 0 Å². The fourth-order valence-electron chi connectivity index (χ4n) is 5.06. The molecule has 1 aliphatic rings. The molecule has 1 aliphatic heterocycles. The van der Waals surface area contributed by atoms with E-state index in [9.17, 15) is 9.59 Å². The molecule has 0 fully saturated rings. The van der Waals surface area contributed by atoms with Crippen molar-refractivity contribution in [3.8, 4) is 11.5 Å². The Labute approximate surface area is 281 Å². The molecule has 1 heterocycles. The Hall–Kier alpha value is -2.61. The third-order valence-corrected chi connectivity index (χ3v) is 18.9. The van der Waals surface area contributed by atoms with E-state index in [-0.39, 0.29) is 29.2 Å². The largest absolute Gasteiger partial charge is 0.423 e. The predicted molar refractivity (Wildman–Crippen MR) is 192 cm³/mol. The summed E-state index contributed by atoms with van der Waals surface area (Å²) in [6, 6.07) is 23.4. The van der Waals surface area contributed by atoms with Gasteiger partial charge in [0.1, 0.15) is 11.5 Å². The first-order valence-electron chi connectivity index (χ1n) is 15.4. The van der Waals surface area contributed by atoms with Gasteiger partial charge in [-0.3, -0.25) is 14.5 Å². The van der Waals surface area contributed by atoms with Gasteiger partial charge in [-0.1, -0.05) is 48.5 Å². The highest BCUT2D eigenvalue weighted by atomic mass is 31.2. The van der Waals surface area contributed by atoms with Crippen molar-refractivity contribution in [2.24, 2.45) is 0 Å². The molecule has 0 spiro atoms. The second kappa shape index (κ2) is 13.7. The third kappa shape index (κ3) is 8.71. The summed E-state index contributed by atoms with van der Waals surface area (Å²) in [5.41, 5.74) is 0.497. The van der Waals surface area contributed by atoms with E-state index in [1.165, 1.54) is 0 Å². The zero-order chi connectivity index (χ0) is 34.9. The van der Waals surface area contributed by atoms with Gasteiger partial charge in [0, 0.05) is 13.0 Å². The Morgan fingerprint density at radius 3 is 1.28 bits per heavy atom. The number of para-hydroxylation sites is 2. The molecular formula is C32H45NO9P2Si3. The molecular weight excluding hydrogens is 689 g/mol. The van der Waals surface area contributed by atoms with Crippen molar-refractivity contribution in [3.63, 3.8) is 0 Å². The van der Waals surface area contributed by atoms with Gasteiger partial charge in [-0.05, 0) is 95.3 Å². The maximum atomic E-state index is 16.0. The summed E-state index contributed by atoms with van der Waals surface area (Å²) in [6.45, 7) is 16.2. The minimum absolute atomic E-state index is 0.192. The molecule has 10 nitrogen and oxygen atoms in total. The molecule has 4 rings (SSSR count). The summed E-state index contributed by atoms with van der Waals surface area (Å²) >= 11 is 0. The van der Waals surface area contributed by atoms with Crippen LogP contribution < -0.4 is 9.05 Å². The van der Waals surface area contributed by atoms with Crippen LogP contribution in [0.3, 0.4) is 0 Å². The molecule has 3 aromatic carbocycles. The van der Waals surface area contributed by atoms with E-state index in [1.54, 1.807) is 84.9 Å². The number of carbonyl (C=O) groups excluding carboxylic acids is 2. The zero-order valence-electron chi connectivity index (χ0n) is 28.5. The molecule has 0 N–H and O–H groups in total. The monoisotopic (exact) mass is 733 g/mol. The highest BCUT2D eigenvalue weighted by Crippen LogP contribution is 2.80. The second-order valence-electron chi connectivity index (χ2n) is 14.2. The third-order valence-electron chi connectivity index (χ3n) is 6.59. The Bertz CT molecular complexity index is 1580. The van der Waals surface area contributed by atoms with Gasteiger partial charge in [0.25, 0.3) is 16.9 Å². The lowest BCUT2D eigenvalue weighted by molar-refractivity contribution is 0.0617. The van der Waals surface area contributed by atoms with Gasteiger partial charge in [0.15, 0.2) is 25.0 Å². The van der Waals surface area contributed by atoms with Crippen molar-refractivity contribution in [2.75, 3.05) is 6.54 Å². The molecule has 2 unspecified atom stereocenters. The molecule has 2 atom stereocenters. The van der Waals surface area contributed by atoms with Crippen molar-refractivity contribution < 1.29 is 40.6 Å². The van der Waals surface area contributed by atoms with Gasteiger partial charge in [-0.15, -0.1) is 0 Å². The molecule has 2 amide bonds. The highest BCUT2D eigenvalue weighted by molar-refractivity contribution is 7.75. The number of nitrogens with zero attached hydrogens (tertiary/aromatic N) is 1. The average Bonchev–Trinajstić information content (AvgIpc) is 3.18. The van der Waals surface area contributed by atoms with Crippen LogP contribution in [0.5, 0.6) is 11.5 Å². The van der Waals surface area contributed by atoms with Crippen molar-refractivity contribution >= 4 is 52.0 Å². The van der Waals surface area contributed by atoms with Gasteiger partial charge >= 0.3 is 15.2 Å². The van der Waals surface area contributed by atoms with Crippen LogP contribution in [0.4, 0.5) is 0 Å². The summed E-state index contributed by atoms with van der Waals surface area (Å²) in [5, 5.41) is -2.41. The van der Waals surface area contributed by atoms with Gasteiger partial charge in [-0.25, -0.2) is 9.13 Å². The molecule has 254 valence electrons. The number of hydrogen-bond donors (Lipinski definition) is 0. The van der Waals surface area contributed by atoms with Crippen LogP contribution in [0, 0.1) is 0 Å². The number of rotatable bonds is 15. The summed E-state index contributed by atoms with van der Waals surface area (Å²) in [5.74, 6) is -0.667. The van der Waals surface area contributed by atoms with Crippen LogP contribution in [0.25, 0.3) is 0 Å². The lowest BCUT2D eigenvalue weighted by atomic mass is 10.1. The van der Waals surface area contributed by atoms with Crippen LogP contribution >= 0.6 is 15.2 Å². The van der Waals surface area contributed by atoms with E-state index in [1.807, 2.05) is 58.9 Å². The molecule has 3 aromatic rings. The Morgan fingerprint density at radius 1 is 0.574 bits per heavy atom. The van der Waals surface area contributed by atoms with Crippen molar-refractivity contribution in [3.05, 3.63) is 96.1 Å². The number of carbonyl (C=O) groups is 2. The number of benzene rings is 3. The molecule has 0 radical (unpaired) electrons. The normalized spacial score (nSPS) is 17.8. The Morgan fingerprint density at radius 2 is 0.936 bits per heavy atom. The molecule has 0 saturated carbocycles. The van der Waals surface area contributed by atoms with E-state index < -0.39 is 63.5 Å². The van der Waals surface area contributed by atoms with Crippen LogP contribution in [-0.4, -0.2) is 53.3 Å². The lowest BCUT2D eigenvalue weighted by Crippen LogP contribution is -2.50. The van der Waals surface area contributed by atoms with Gasteiger partial charge < -0.3 is 21.9 Å². The maximum absolute atomic E-state index is 16.0. The lowest BCUT2D eigenvalue weighted by Gasteiger charge is -2.47. The van der Waals surface area contributed by atoms with Crippen LogP contribution in [0.2, 0.25) is 58.9 Å². The second-order valence-corrected chi connectivity index (χ2v) is 32.7. The maximum Gasteiger partial charge on any atom is 0.414 e. The average molecular weight is 734 g/mol. The minimum atomic E-state index is -4.78. The minimum Gasteiger partial charge on any atom is -0.423 e. The van der Waals surface area contributed by atoms with Crippen molar-refractivity contribution in [1.82, 2.24) is 4.90 Å². The first kappa shape index (κ1) is 37.2. The molecule has 47 heavy (non-hydrogen) atoms. The van der Waals surface area contributed by atoms with E-state index in [4.69, 9.17) is 21.9 Å². The van der Waals surface area contributed by atoms with Gasteiger partial charge in [0.05, 0.1) is 11.1 Å². The zero-order valence-corrected chi connectivity index (χ0v) is 33.3. The molecule has 0 aliphatic carbocycles. The standard InChI is InChI=1S/C32H45NO9P2Si3/c1-45(2,3)40-32(24-25-33-30(34)28-22-16-17-23-29(28)31(33)35,43(36,41-46(4,5)6)38-26-18-12-10-13-19-26)44(37,42-47(7,8)9)39-27-20-14-11-15-21-27/h10-23H,24-25H2,1-9H3. The predicted octanol–water partition coefficient (Wildman–Crippen LogP) is 9.43. The van der Waals surface area contributed by atoms with Crippen LogP contribution in [0.1, 0.15) is 27.1 Å². The van der Waals surface area contributed by atoms with Crippen molar-refractivity contribution in [2.45, 2.75) is 70.4 Å². The quantitative estimate of drug-likeness (QED) is 0.0855. The fraction of sp³-hybridized carbons (Fsp3) is 0.375. The SMILES string of the molecule is C[Si](C)(C)OC(CCN1C(=O)c2ccccc2C1=O)(P(=O)(Oc1ccccc1)O[Si](C)(C)C)P(=O)(Oc1ccccc1)O[Si](C)(C)C. The van der Waals surface area contributed by atoms with E-state index >= 15 is 9.13 Å².